The Hall–Kier alpha value is -0.660. The molecule has 0 rings (SSSR count). The summed E-state index contributed by atoms with van der Waals surface area (Å²) in [5.74, 6) is -0.963. The highest BCUT2D eigenvalue weighted by Crippen LogP contribution is 1.90. The van der Waals surface area contributed by atoms with Crippen LogP contribution < -0.4 is 5.32 Å². The summed E-state index contributed by atoms with van der Waals surface area (Å²) >= 11 is 0. The van der Waals surface area contributed by atoms with Crippen LogP contribution in [0, 0.1) is 0 Å². The van der Waals surface area contributed by atoms with Crippen molar-refractivity contribution in [3.8, 4) is 0 Å². The van der Waals surface area contributed by atoms with Gasteiger partial charge < -0.3 is 15.5 Å². The second-order valence-corrected chi connectivity index (χ2v) is 5.70. The Bertz CT molecular complexity index is 287. The zero-order chi connectivity index (χ0) is 11.9. The fraction of sp³-hybridized carbons (Fsp3) is 0.875. The molecule has 3 N–H and O–H groups in total. The average Bonchev–Trinajstić information content (AvgIpc) is 1.99. The molecule has 0 saturated heterocycles. The van der Waals surface area contributed by atoms with Gasteiger partial charge in [-0.15, -0.1) is 0 Å². The van der Waals surface area contributed by atoms with Crippen LogP contribution in [0.2, 0.25) is 0 Å². The van der Waals surface area contributed by atoms with Crippen molar-refractivity contribution in [3.63, 3.8) is 0 Å². The van der Waals surface area contributed by atoms with Crippen molar-refractivity contribution in [2.24, 2.45) is 0 Å². The van der Waals surface area contributed by atoms with Crippen molar-refractivity contribution in [1.29, 1.82) is 0 Å². The van der Waals surface area contributed by atoms with Crippen molar-refractivity contribution in [2.45, 2.75) is 18.9 Å². The molecule has 0 amide bonds. The highest BCUT2D eigenvalue weighted by Gasteiger charge is 2.08. The predicted octanol–water partition coefficient (Wildman–Crippen LogP) is -1.15. The standard InChI is InChI=1S/C8H17NO5S/c1-15(13,14)4-2-3-9-6-7(10)5-8(11)12/h7,9-10H,2-6H2,1H3,(H,11,12). The molecule has 15 heavy (non-hydrogen) atoms. The van der Waals surface area contributed by atoms with Gasteiger partial charge in [-0.3, -0.25) is 4.79 Å². The van der Waals surface area contributed by atoms with Gasteiger partial charge in [0.05, 0.1) is 18.3 Å². The number of aliphatic carboxylic acids is 1. The molecule has 0 aromatic rings. The topological polar surface area (TPSA) is 104 Å². The van der Waals surface area contributed by atoms with E-state index >= 15 is 0 Å². The third-order valence-corrected chi connectivity index (χ3v) is 2.69. The van der Waals surface area contributed by atoms with Crippen LogP contribution in [0.5, 0.6) is 0 Å². The minimum Gasteiger partial charge on any atom is -0.481 e. The summed E-state index contributed by atoms with van der Waals surface area (Å²) in [7, 11) is -2.94. The summed E-state index contributed by atoms with van der Waals surface area (Å²) in [5.41, 5.74) is 0. The van der Waals surface area contributed by atoms with Crippen LogP contribution in [0.4, 0.5) is 0 Å². The maximum Gasteiger partial charge on any atom is 0.306 e. The molecule has 6 nitrogen and oxygen atoms in total. The van der Waals surface area contributed by atoms with E-state index in [9.17, 15) is 13.2 Å². The maximum atomic E-state index is 10.7. The van der Waals surface area contributed by atoms with E-state index < -0.39 is 21.9 Å². The molecule has 0 fully saturated rings. The Balaban J connectivity index is 3.43. The molecular formula is C8H17NO5S. The number of aliphatic hydroxyl groups is 1. The lowest BCUT2D eigenvalue weighted by atomic mass is 10.2. The molecule has 0 heterocycles. The van der Waals surface area contributed by atoms with Gasteiger partial charge in [-0.25, -0.2) is 8.42 Å². The van der Waals surface area contributed by atoms with E-state index in [2.05, 4.69) is 5.32 Å². The number of sulfone groups is 1. The number of rotatable bonds is 8. The lowest BCUT2D eigenvalue weighted by molar-refractivity contribution is -0.139. The van der Waals surface area contributed by atoms with Gasteiger partial charge in [-0.05, 0) is 13.0 Å². The van der Waals surface area contributed by atoms with E-state index in [4.69, 9.17) is 10.2 Å². The molecule has 0 spiro atoms. The average molecular weight is 239 g/mol. The second-order valence-electron chi connectivity index (χ2n) is 3.44. The van der Waals surface area contributed by atoms with E-state index in [1.165, 1.54) is 0 Å². The summed E-state index contributed by atoms with van der Waals surface area (Å²) in [4.78, 5) is 10.2. The largest absolute Gasteiger partial charge is 0.481 e. The van der Waals surface area contributed by atoms with Crippen molar-refractivity contribution in [1.82, 2.24) is 5.32 Å². The zero-order valence-corrected chi connectivity index (χ0v) is 9.46. The number of aliphatic hydroxyl groups excluding tert-OH is 1. The maximum absolute atomic E-state index is 10.7. The highest BCUT2D eigenvalue weighted by molar-refractivity contribution is 7.90. The van der Waals surface area contributed by atoms with E-state index in [0.29, 0.717) is 13.0 Å². The smallest absolute Gasteiger partial charge is 0.306 e. The quantitative estimate of drug-likeness (QED) is 0.462. The Morgan fingerprint density at radius 3 is 2.53 bits per heavy atom. The van der Waals surface area contributed by atoms with Gasteiger partial charge in [-0.1, -0.05) is 0 Å². The molecule has 0 aliphatic carbocycles. The van der Waals surface area contributed by atoms with E-state index in [0.717, 1.165) is 6.26 Å². The molecule has 1 unspecified atom stereocenters. The lowest BCUT2D eigenvalue weighted by Crippen LogP contribution is -2.30. The molecule has 0 saturated carbocycles. The molecule has 0 aromatic heterocycles. The molecule has 0 radical (unpaired) electrons. The van der Waals surface area contributed by atoms with E-state index in [1.54, 1.807) is 0 Å². The third-order valence-electron chi connectivity index (χ3n) is 1.66. The number of carbonyl (C=O) groups is 1. The molecule has 90 valence electrons. The van der Waals surface area contributed by atoms with Crippen LogP contribution >= 0.6 is 0 Å². The van der Waals surface area contributed by atoms with Crippen molar-refractivity contribution >= 4 is 15.8 Å². The van der Waals surface area contributed by atoms with Crippen molar-refractivity contribution in [3.05, 3.63) is 0 Å². The van der Waals surface area contributed by atoms with Crippen LogP contribution in [-0.2, 0) is 14.6 Å². The number of carboxylic acid groups (broad SMARTS) is 1. The Morgan fingerprint density at radius 2 is 2.07 bits per heavy atom. The summed E-state index contributed by atoms with van der Waals surface area (Å²) in [6, 6.07) is 0. The second kappa shape index (κ2) is 6.76. The first-order valence-electron chi connectivity index (χ1n) is 4.59. The number of nitrogens with one attached hydrogen (secondary N) is 1. The first-order chi connectivity index (χ1) is 6.81. The number of hydrogen-bond donors (Lipinski definition) is 3. The van der Waals surface area contributed by atoms with Gasteiger partial charge in [0.1, 0.15) is 9.84 Å². The van der Waals surface area contributed by atoms with Gasteiger partial charge in [0.15, 0.2) is 0 Å². The van der Waals surface area contributed by atoms with Crippen LogP contribution in [0.15, 0.2) is 0 Å². The van der Waals surface area contributed by atoms with Crippen LogP contribution in [0.1, 0.15) is 12.8 Å². The number of hydrogen-bond acceptors (Lipinski definition) is 5. The molecular weight excluding hydrogens is 222 g/mol. The summed E-state index contributed by atoms with van der Waals surface area (Å²) < 4.78 is 21.4. The summed E-state index contributed by atoms with van der Waals surface area (Å²) in [5, 5.41) is 20.2. The van der Waals surface area contributed by atoms with Crippen molar-refractivity contribution in [2.75, 3.05) is 25.1 Å². The van der Waals surface area contributed by atoms with Gasteiger partial charge in [0.25, 0.3) is 0 Å². The minimum absolute atomic E-state index is 0.0923. The van der Waals surface area contributed by atoms with Gasteiger partial charge in [0, 0.05) is 12.8 Å². The predicted molar refractivity (Wildman–Crippen MR) is 55.5 cm³/mol. The molecule has 0 aromatic carbocycles. The van der Waals surface area contributed by atoms with Gasteiger partial charge >= 0.3 is 5.97 Å². The monoisotopic (exact) mass is 239 g/mol. The van der Waals surface area contributed by atoms with Gasteiger partial charge in [0.2, 0.25) is 0 Å². The Morgan fingerprint density at radius 1 is 1.47 bits per heavy atom. The molecule has 1 atom stereocenters. The fourth-order valence-electron chi connectivity index (χ4n) is 1.00. The SMILES string of the molecule is CS(=O)(=O)CCCNCC(O)CC(=O)O. The lowest BCUT2D eigenvalue weighted by Gasteiger charge is -2.08. The van der Waals surface area contributed by atoms with E-state index in [-0.39, 0.29) is 18.7 Å². The van der Waals surface area contributed by atoms with Gasteiger partial charge in [-0.2, -0.15) is 0 Å². The molecule has 0 aliphatic heterocycles. The minimum atomic E-state index is -2.94. The van der Waals surface area contributed by atoms with E-state index in [1.807, 2.05) is 0 Å². The Kier molecular flexibility index (Phi) is 6.46. The van der Waals surface area contributed by atoms with Crippen LogP contribution in [-0.4, -0.2) is 55.8 Å². The highest BCUT2D eigenvalue weighted by atomic mass is 32.2. The first-order valence-corrected chi connectivity index (χ1v) is 6.65. The van der Waals surface area contributed by atoms with Crippen molar-refractivity contribution < 1.29 is 23.4 Å². The van der Waals surface area contributed by atoms with Crippen LogP contribution in [0.25, 0.3) is 0 Å². The first kappa shape index (κ1) is 14.3. The molecule has 7 heteroatoms. The summed E-state index contributed by atoms with van der Waals surface area (Å²) in [6.07, 6.45) is 0.380. The fourth-order valence-corrected chi connectivity index (χ4v) is 1.67. The Labute approximate surface area is 89.2 Å². The molecule has 0 bridgehead atoms. The number of carboxylic acids is 1. The summed E-state index contributed by atoms with van der Waals surface area (Å²) in [6.45, 7) is 0.611. The van der Waals surface area contributed by atoms with Crippen LogP contribution in [0.3, 0.4) is 0 Å². The zero-order valence-electron chi connectivity index (χ0n) is 8.64. The molecule has 0 aliphatic rings. The normalized spacial score (nSPS) is 13.7. The third kappa shape index (κ3) is 11.3.